The number of nitrogens with zero attached hydrogens (tertiary/aromatic N) is 4. The van der Waals surface area contributed by atoms with Crippen LogP contribution in [0.25, 0.3) is 11.1 Å². The highest BCUT2D eigenvalue weighted by atomic mass is 19.1. The van der Waals surface area contributed by atoms with E-state index in [9.17, 15) is 14.0 Å². The van der Waals surface area contributed by atoms with Crippen LogP contribution < -0.4 is 16.0 Å². The number of hydrogen-bond acceptors (Lipinski definition) is 11. The summed E-state index contributed by atoms with van der Waals surface area (Å²) in [6.07, 6.45) is 2.31. The smallest absolute Gasteiger partial charge is 0.414 e. The maximum Gasteiger partial charge on any atom is 0.414 e. The number of nitrogens with one attached hydrogen (secondary N) is 2. The van der Waals surface area contributed by atoms with Gasteiger partial charge in [0.1, 0.15) is 25.6 Å². The summed E-state index contributed by atoms with van der Waals surface area (Å²) in [5.74, 6) is -1.05. The molecule has 1 aliphatic rings. The van der Waals surface area contributed by atoms with Crippen LogP contribution in [-0.2, 0) is 30.4 Å². The SMILES string of the molecule is COC(CCON=C1CN(c2ncc(-c3cccc(COC(=O)NC(=N)N)c3F)cn2)C1)COC(C)=O. The third kappa shape index (κ3) is 8.10. The van der Waals surface area contributed by atoms with Crippen molar-refractivity contribution >= 4 is 29.7 Å². The molecule has 1 aromatic heterocycles. The number of halogens is 1. The lowest BCUT2D eigenvalue weighted by molar-refractivity contribution is -0.145. The van der Waals surface area contributed by atoms with Gasteiger partial charge < -0.3 is 29.7 Å². The minimum Gasteiger partial charge on any atom is -0.463 e. The van der Waals surface area contributed by atoms with E-state index in [1.807, 2.05) is 10.2 Å². The Hall–Kier alpha value is -4.33. The fourth-order valence-corrected chi connectivity index (χ4v) is 3.22. The first-order valence-electron chi connectivity index (χ1n) is 11.2. The second-order valence-electron chi connectivity index (χ2n) is 7.96. The second kappa shape index (κ2) is 13.1. The number of alkyl carbamates (subject to hydrolysis) is 1. The number of benzene rings is 1. The lowest BCUT2D eigenvalue weighted by Crippen LogP contribution is -2.48. The summed E-state index contributed by atoms with van der Waals surface area (Å²) in [5, 5.41) is 13.0. The minimum atomic E-state index is -0.953. The van der Waals surface area contributed by atoms with Crippen LogP contribution in [0.15, 0.2) is 35.7 Å². The predicted molar refractivity (Wildman–Crippen MR) is 130 cm³/mol. The number of oxime groups is 1. The van der Waals surface area contributed by atoms with Crippen LogP contribution in [0.1, 0.15) is 18.9 Å². The topological polar surface area (TPSA) is 174 Å². The zero-order valence-electron chi connectivity index (χ0n) is 20.4. The number of hydrogen-bond donors (Lipinski definition) is 3. The number of guanidine groups is 1. The molecule has 0 bridgehead atoms. The van der Waals surface area contributed by atoms with E-state index in [2.05, 4.69) is 15.1 Å². The molecule has 1 aliphatic heterocycles. The van der Waals surface area contributed by atoms with Crippen molar-refractivity contribution in [1.29, 1.82) is 5.41 Å². The highest BCUT2D eigenvalue weighted by Crippen LogP contribution is 2.26. The third-order valence-electron chi connectivity index (χ3n) is 5.18. The Morgan fingerprint density at radius 1 is 1.27 bits per heavy atom. The van der Waals surface area contributed by atoms with Crippen LogP contribution in [0.4, 0.5) is 15.1 Å². The lowest BCUT2D eigenvalue weighted by atomic mass is 10.1. The molecular weight excluding hydrogens is 489 g/mol. The molecule has 1 saturated heterocycles. The van der Waals surface area contributed by atoms with Gasteiger partial charge in [0, 0.05) is 49.5 Å². The first-order chi connectivity index (χ1) is 17.8. The van der Waals surface area contributed by atoms with Gasteiger partial charge >= 0.3 is 12.1 Å². The molecule has 3 rings (SSSR count). The van der Waals surface area contributed by atoms with Crippen LogP contribution >= 0.6 is 0 Å². The number of anilines is 1. The molecule has 0 aliphatic carbocycles. The van der Waals surface area contributed by atoms with Gasteiger partial charge in [-0.25, -0.2) is 19.2 Å². The predicted octanol–water partition coefficient (Wildman–Crippen LogP) is 1.56. The summed E-state index contributed by atoms with van der Waals surface area (Å²) >= 11 is 0. The number of carbonyl (C=O) groups is 2. The van der Waals surface area contributed by atoms with Gasteiger partial charge in [-0.2, -0.15) is 0 Å². The Morgan fingerprint density at radius 3 is 2.65 bits per heavy atom. The van der Waals surface area contributed by atoms with Gasteiger partial charge in [0.15, 0.2) is 5.96 Å². The molecule has 4 N–H and O–H groups in total. The molecular formula is C23H28FN7O6. The van der Waals surface area contributed by atoms with E-state index < -0.39 is 17.9 Å². The monoisotopic (exact) mass is 517 g/mol. The summed E-state index contributed by atoms with van der Waals surface area (Å²) in [5.41, 5.74) is 6.72. The molecule has 2 heterocycles. The Bertz CT molecular complexity index is 1140. The Labute approximate surface area is 212 Å². The van der Waals surface area contributed by atoms with E-state index in [4.69, 9.17) is 30.2 Å². The van der Waals surface area contributed by atoms with Crippen molar-refractivity contribution in [3.8, 4) is 11.1 Å². The lowest BCUT2D eigenvalue weighted by Gasteiger charge is -2.31. The molecule has 13 nitrogen and oxygen atoms in total. The van der Waals surface area contributed by atoms with E-state index in [-0.39, 0.29) is 36.4 Å². The summed E-state index contributed by atoms with van der Waals surface area (Å²) in [7, 11) is 1.54. The molecule has 1 unspecified atom stereocenters. The van der Waals surface area contributed by atoms with Gasteiger partial charge in [-0.1, -0.05) is 23.4 Å². The van der Waals surface area contributed by atoms with Gasteiger partial charge in [0.25, 0.3) is 0 Å². The second-order valence-corrected chi connectivity index (χ2v) is 7.96. The zero-order valence-corrected chi connectivity index (χ0v) is 20.4. The first kappa shape index (κ1) is 27.3. The molecule has 1 fully saturated rings. The quantitative estimate of drug-likeness (QED) is 0.130. The number of ether oxygens (including phenoxy) is 3. The van der Waals surface area contributed by atoms with E-state index in [0.29, 0.717) is 37.6 Å². The molecule has 37 heavy (non-hydrogen) atoms. The molecule has 198 valence electrons. The third-order valence-corrected chi connectivity index (χ3v) is 5.18. The normalized spacial score (nSPS) is 13.3. The summed E-state index contributed by atoms with van der Waals surface area (Å²) < 4.78 is 30.0. The van der Waals surface area contributed by atoms with Gasteiger partial charge in [0.2, 0.25) is 5.95 Å². The average molecular weight is 518 g/mol. The van der Waals surface area contributed by atoms with Crippen molar-refractivity contribution in [3.63, 3.8) is 0 Å². The van der Waals surface area contributed by atoms with Crippen molar-refractivity contribution in [1.82, 2.24) is 15.3 Å². The zero-order chi connectivity index (χ0) is 26.8. The number of nitrogens with two attached hydrogens (primary N) is 1. The Kier molecular flexibility index (Phi) is 9.66. The maximum atomic E-state index is 15.0. The van der Waals surface area contributed by atoms with Crippen LogP contribution in [0.3, 0.4) is 0 Å². The summed E-state index contributed by atoms with van der Waals surface area (Å²) in [6, 6.07) is 4.67. The van der Waals surface area contributed by atoms with E-state index >= 15 is 0 Å². The molecule has 2 aromatic rings. The van der Waals surface area contributed by atoms with Gasteiger partial charge in [-0.3, -0.25) is 15.5 Å². The number of rotatable bonds is 11. The van der Waals surface area contributed by atoms with Gasteiger partial charge in [-0.15, -0.1) is 0 Å². The van der Waals surface area contributed by atoms with Crippen LogP contribution in [0.2, 0.25) is 0 Å². The van der Waals surface area contributed by atoms with Crippen molar-refractivity contribution in [2.24, 2.45) is 10.9 Å². The minimum absolute atomic E-state index is 0.145. The number of carbonyl (C=O) groups excluding carboxylic acids is 2. The molecule has 0 radical (unpaired) electrons. The molecule has 0 spiro atoms. The van der Waals surface area contributed by atoms with Gasteiger partial charge in [0.05, 0.1) is 24.9 Å². The molecule has 14 heteroatoms. The number of aromatic nitrogens is 2. The van der Waals surface area contributed by atoms with Gasteiger partial charge in [-0.05, 0) is 0 Å². The number of esters is 1. The van der Waals surface area contributed by atoms with Crippen molar-refractivity contribution in [3.05, 3.63) is 42.0 Å². The van der Waals surface area contributed by atoms with Crippen molar-refractivity contribution < 1.29 is 33.0 Å². The average Bonchev–Trinajstić information content (AvgIpc) is 2.83. The van der Waals surface area contributed by atoms with E-state index in [1.165, 1.54) is 32.5 Å². The molecule has 1 amide bonds. The Balaban J connectivity index is 1.49. The van der Waals surface area contributed by atoms with Crippen LogP contribution in [0.5, 0.6) is 0 Å². The standard InChI is InChI=1S/C23H28FN7O6/c1-14(32)35-13-18(34-2)6-7-37-30-17-10-31(11-17)22-27-8-16(9-28-22)19-5-3-4-15(20(19)24)12-36-23(33)29-21(25)26/h3-5,8-9,18H,6-7,10-13H2,1-2H3,(H4,25,26,29,33). The largest absolute Gasteiger partial charge is 0.463 e. The maximum absolute atomic E-state index is 15.0. The molecule has 1 aromatic carbocycles. The summed E-state index contributed by atoms with van der Waals surface area (Å²) in [6.45, 7) is 2.45. The number of amides is 1. The van der Waals surface area contributed by atoms with E-state index in [0.717, 1.165) is 5.71 Å². The van der Waals surface area contributed by atoms with Crippen LogP contribution in [0, 0.1) is 11.2 Å². The molecule has 1 atom stereocenters. The fourth-order valence-electron chi connectivity index (χ4n) is 3.22. The van der Waals surface area contributed by atoms with E-state index in [1.54, 1.807) is 12.1 Å². The molecule has 0 saturated carbocycles. The highest BCUT2D eigenvalue weighted by molar-refractivity contribution is 5.98. The van der Waals surface area contributed by atoms with Crippen molar-refractivity contribution in [2.45, 2.75) is 26.1 Å². The number of methoxy groups -OCH3 is 1. The highest BCUT2D eigenvalue weighted by Gasteiger charge is 2.25. The van der Waals surface area contributed by atoms with Crippen molar-refractivity contribution in [2.75, 3.05) is 38.3 Å². The first-order valence-corrected chi connectivity index (χ1v) is 11.2. The van der Waals surface area contributed by atoms with Crippen LogP contribution in [-0.4, -0.2) is 73.2 Å². The fraction of sp³-hybridized carbons (Fsp3) is 0.391. The Morgan fingerprint density at radius 2 is 2.00 bits per heavy atom. The summed E-state index contributed by atoms with van der Waals surface area (Å²) in [4.78, 5) is 38.2.